The van der Waals surface area contributed by atoms with Crippen molar-refractivity contribution in [2.45, 2.75) is 20.8 Å². The van der Waals surface area contributed by atoms with E-state index in [0.717, 1.165) is 0 Å². The third kappa shape index (κ3) is 5.91. The molecule has 0 radical (unpaired) electrons. The van der Waals surface area contributed by atoms with Gasteiger partial charge in [0, 0.05) is 5.57 Å². The van der Waals surface area contributed by atoms with E-state index in [1.807, 2.05) is 18.9 Å². The highest BCUT2D eigenvalue weighted by Gasteiger charge is 2.22. The van der Waals surface area contributed by atoms with Crippen LogP contribution in [0.5, 0.6) is 0 Å². The van der Waals surface area contributed by atoms with Crippen LogP contribution < -0.4 is 5.09 Å². The van der Waals surface area contributed by atoms with Gasteiger partial charge in [-0.1, -0.05) is 20.4 Å². The second-order valence-electron chi connectivity index (χ2n) is 3.43. The predicted octanol–water partition coefficient (Wildman–Crippen LogP) is 1.45. The highest BCUT2D eigenvalue weighted by atomic mass is 31.2. The Morgan fingerprint density at radius 3 is 2.50 bits per heavy atom. The molecule has 82 valence electrons. The number of hydrogen-bond acceptors (Lipinski definition) is 3. The second kappa shape index (κ2) is 5.29. The first kappa shape index (κ1) is 13.4. The molecule has 2 N–H and O–H groups in total. The van der Waals surface area contributed by atoms with Gasteiger partial charge in [-0.15, -0.1) is 0 Å². The van der Waals surface area contributed by atoms with E-state index in [1.54, 1.807) is 0 Å². The monoisotopic (exact) mass is 221 g/mol. The van der Waals surface area contributed by atoms with Crippen LogP contribution in [-0.2, 0) is 13.9 Å². The summed E-state index contributed by atoms with van der Waals surface area (Å²) in [5.74, 6) is -0.559. The van der Waals surface area contributed by atoms with Gasteiger partial charge in [0.15, 0.2) is 0 Å². The van der Waals surface area contributed by atoms with Crippen molar-refractivity contribution in [3.05, 3.63) is 12.2 Å². The van der Waals surface area contributed by atoms with Crippen molar-refractivity contribution < 1.29 is 18.8 Å². The quantitative estimate of drug-likeness (QED) is 0.544. The van der Waals surface area contributed by atoms with Crippen molar-refractivity contribution in [3.63, 3.8) is 0 Å². The van der Waals surface area contributed by atoms with Crippen LogP contribution in [0.15, 0.2) is 12.2 Å². The molecular weight excluding hydrogens is 205 g/mol. The van der Waals surface area contributed by atoms with E-state index in [1.165, 1.54) is 6.92 Å². The van der Waals surface area contributed by atoms with Gasteiger partial charge in [-0.25, -0.2) is 4.57 Å². The van der Waals surface area contributed by atoms with Gasteiger partial charge in [0.1, 0.15) is 0 Å². The number of rotatable bonds is 5. The Labute approximate surface area is 83.7 Å². The van der Waals surface area contributed by atoms with Gasteiger partial charge in [-0.3, -0.25) is 14.4 Å². The van der Waals surface area contributed by atoms with E-state index >= 15 is 0 Å². The summed E-state index contributed by atoms with van der Waals surface area (Å²) in [6.45, 7) is 8.56. The minimum absolute atomic E-state index is 0.115. The molecule has 0 aromatic rings. The highest BCUT2D eigenvalue weighted by molar-refractivity contribution is 7.51. The molecule has 0 saturated carbocycles. The van der Waals surface area contributed by atoms with Crippen LogP contribution in [0.25, 0.3) is 0 Å². The first-order valence-corrected chi connectivity index (χ1v) is 5.78. The zero-order chi connectivity index (χ0) is 11.4. The van der Waals surface area contributed by atoms with Crippen molar-refractivity contribution in [1.82, 2.24) is 5.09 Å². The van der Waals surface area contributed by atoms with Crippen molar-refractivity contribution in [3.8, 4) is 0 Å². The first-order valence-electron chi connectivity index (χ1n) is 4.20. The molecule has 0 aliphatic rings. The van der Waals surface area contributed by atoms with Crippen molar-refractivity contribution in [2.75, 3.05) is 6.61 Å². The Balaban J connectivity index is 4.14. The van der Waals surface area contributed by atoms with Crippen LogP contribution in [-0.4, -0.2) is 17.4 Å². The average Bonchev–Trinajstić information content (AvgIpc) is 2.00. The number of carbonyl (C=O) groups is 1. The summed E-state index contributed by atoms with van der Waals surface area (Å²) in [4.78, 5) is 20.1. The maximum Gasteiger partial charge on any atom is 0.432 e. The fourth-order valence-corrected chi connectivity index (χ4v) is 1.52. The average molecular weight is 221 g/mol. The van der Waals surface area contributed by atoms with Gasteiger partial charge < -0.3 is 4.89 Å². The molecule has 1 unspecified atom stereocenters. The van der Waals surface area contributed by atoms with Crippen molar-refractivity contribution in [2.24, 2.45) is 5.92 Å². The zero-order valence-electron chi connectivity index (χ0n) is 8.61. The minimum Gasteiger partial charge on any atom is -0.308 e. The molecule has 1 amide bonds. The molecule has 0 aliphatic carbocycles. The zero-order valence-corrected chi connectivity index (χ0v) is 9.51. The van der Waals surface area contributed by atoms with Gasteiger partial charge in [0.05, 0.1) is 6.61 Å². The summed E-state index contributed by atoms with van der Waals surface area (Å²) >= 11 is 0. The summed E-state index contributed by atoms with van der Waals surface area (Å²) in [6.07, 6.45) is 0. The fraction of sp³-hybridized carbons (Fsp3) is 0.625. The van der Waals surface area contributed by atoms with Crippen LogP contribution in [0, 0.1) is 5.92 Å². The van der Waals surface area contributed by atoms with Gasteiger partial charge >= 0.3 is 7.75 Å². The molecule has 0 fully saturated rings. The van der Waals surface area contributed by atoms with Crippen LogP contribution >= 0.6 is 7.75 Å². The topological polar surface area (TPSA) is 75.6 Å². The lowest BCUT2D eigenvalue weighted by Crippen LogP contribution is -2.22. The summed E-state index contributed by atoms with van der Waals surface area (Å²) in [5, 5.41) is 1.86. The smallest absolute Gasteiger partial charge is 0.308 e. The van der Waals surface area contributed by atoms with Gasteiger partial charge in [-0.05, 0) is 12.8 Å². The van der Waals surface area contributed by atoms with E-state index in [-0.39, 0.29) is 18.1 Å². The molecule has 0 saturated heterocycles. The molecule has 0 aromatic carbocycles. The van der Waals surface area contributed by atoms with Crippen LogP contribution in [0.3, 0.4) is 0 Å². The molecule has 0 bridgehead atoms. The molecule has 1 atom stereocenters. The van der Waals surface area contributed by atoms with Crippen LogP contribution in [0.2, 0.25) is 0 Å². The summed E-state index contributed by atoms with van der Waals surface area (Å²) in [7, 11) is -4.02. The molecule has 0 rings (SSSR count). The molecule has 5 nitrogen and oxygen atoms in total. The van der Waals surface area contributed by atoms with Crippen LogP contribution in [0.1, 0.15) is 20.8 Å². The number of carbonyl (C=O) groups excluding carboxylic acids is 1. The third-order valence-corrected chi connectivity index (χ3v) is 2.20. The highest BCUT2D eigenvalue weighted by Crippen LogP contribution is 2.37. The molecule has 0 aliphatic heterocycles. The molecule has 14 heavy (non-hydrogen) atoms. The first-order chi connectivity index (χ1) is 6.24. The van der Waals surface area contributed by atoms with Crippen molar-refractivity contribution >= 4 is 13.7 Å². The third-order valence-electron chi connectivity index (χ3n) is 1.21. The molecule has 0 heterocycles. The second-order valence-corrected chi connectivity index (χ2v) is 4.95. The fourth-order valence-electron chi connectivity index (χ4n) is 0.506. The van der Waals surface area contributed by atoms with E-state index in [0.29, 0.717) is 0 Å². The van der Waals surface area contributed by atoms with Gasteiger partial charge in [0.25, 0.3) is 5.91 Å². The van der Waals surface area contributed by atoms with E-state index < -0.39 is 13.7 Å². The molecule has 6 heteroatoms. The SMILES string of the molecule is C=C(C)C(=O)NP(=O)(O)OCC(C)C. The van der Waals surface area contributed by atoms with E-state index in [9.17, 15) is 9.36 Å². The largest absolute Gasteiger partial charge is 0.432 e. The minimum atomic E-state index is -4.02. The van der Waals surface area contributed by atoms with Crippen LogP contribution in [0.4, 0.5) is 0 Å². The van der Waals surface area contributed by atoms with Gasteiger partial charge in [-0.2, -0.15) is 0 Å². The lowest BCUT2D eigenvalue weighted by atomic mass is 10.2. The number of hydrogen-bond donors (Lipinski definition) is 2. The summed E-state index contributed by atoms with van der Waals surface area (Å²) < 4.78 is 15.8. The lowest BCUT2D eigenvalue weighted by molar-refractivity contribution is -0.116. The normalized spacial score (nSPS) is 14.9. The van der Waals surface area contributed by atoms with E-state index in [2.05, 4.69) is 11.1 Å². The Bertz CT molecular complexity index is 275. The molecule has 0 aromatic heterocycles. The Hall–Kier alpha value is -0.640. The number of amides is 1. The van der Waals surface area contributed by atoms with E-state index in [4.69, 9.17) is 4.89 Å². The number of nitrogens with one attached hydrogen (secondary N) is 1. The summed E-state index contributed by atoms with van der Waals surface area (Å²) in [6, 6.07) is 0. The summed E-state index contributed by atoms with van der Waals surface area (Å²) in [5.41, 5.74) is 0.160. The standard InChI is InChI=1S/C8H16NO4P/c1-6(2)5-13-14(11,12)9-8(10)7(3)4/h6H,3,5H2,1-2,4H3,(H2,9,10,11,12). The maximum atomic E-state index is 11.2. The Morgan fingerprint density at radius 2 is 2.14 bits per heavy atom. The molecular formula is C8H16NO4P. The lowest BCUT2D eigenvalue weighted by Gasteiger charge is -2.14. The predicted molar refractivity (Wildman–Crippen MR) is 53.6 cm³/mol. The Morgan fingerprint density at radius 1 is 1.64 bits per heavy atom. The molecule has 0 spiro atoms. The maximum absolute atomic E-state index is 11.2. The van der Waals surface area contributed by atoms with Gasteiger partial charge in [0.2, 0.25) is 0 Å². The Kier molecular flexibility index (Phi) is 5.05. The van der Waals surface area contributed by atoms with Crippen molar-refractivity contribution in [1.29, 1.82) is 0 Å².